The maximum absolute atomic E-state index is 5.75. The summed E-state index contributed by atoms with van der Waals surface area (Å²) < 4.78 is 11.5. The summed E-state index contributed by atoms with van der Waals surface area (Å²) in [6.07, 6.45) is 3.41. The summed E-state index contributed by atoms with van der Waals surface area (Å²) in [4.78, 5) is 0. The first-order valence-electron chi connectivity index (χ1n) is 5.09. The van der Waals surface area contributed by atoms with Gasteiger partial charge in [0.2, 0.25) is 0 Å². The van der Waals surface area contributed by atoms with Crippen molar-refractivity contribution in [3.8, 4) is 0 Å². The van der Waals surface area contributed by atoms with Crippen LogP contribution in [0.15, 0.2) is 0 Å². The van der Waals surface area contributed by atoms with E-state index in [1.165, 1.54) is 24.9 Å². The van der Waals surface area contributed by atoms with Crippen LogP contribution < -0.4 is 0 Å². The Kier molecular flexibility index (Phi) is 2.53. The van der Waals surface area contributed by atoms with E-state index in [1.807, 2.05) is 0 Å². The standard InChI is InChI=1S/C9H18O2Si/c1-12-7-3-9(4-8-12)10-5-2-6-11-9/h12H,2-8H2,1H3. The van der Waals surface area contributed by atoms with E-state index < -0.39 is 0 Å². The minimum absolute atomic E-state index is 0.127. The van der Waals surface area contributed by atoms with E-state index in [2.05, 4.69) is 6.55 Å². The van der Waals surface area contributed by atoms with Crippen molar-refractivity contribution in [2.45, 2.75) is 43.7 Å². The van der Waals surface area contributed by atoms with Crippen molar-refractivity contribution in [2.75, 3.05) is 13.2 Å². The average molecular weight is 186 g/mol. The van der Waals surface area contributed by atoms with Crippen LogP contribution in [0.2, 0.25) is 18.6 Å². The number of hydrogen-bond acceptors (Lipinski definition) is 2. The molecule has 2 aliphatic rings. The highest BCUT2D eigenvalue weighted by Gasteiger charge is 2.37. The zero-order valence-corrected chi connectivity index (χ0v) is 9.00. The highest BCUT2D eigenvalue weighted by atomic mass is 28.3. The lowest BCUT2D eigenvalue weighted by atomic mass is 10.1. The summed E-state index contributed by atoms with van der Waals surface area (Å²) in [6.45, 7) is 4.28. The third-order valence-corrected chi connectivity index (χ3v) is 5.60. The molecule has 0 aromatic rings. The third kappa shape index (κ3) is 1.73. The van der Waals surface area contributed by atoms with Gasteiger partial charge in [0.05, 0.1) is 13.2 Å². The molecule has 12 heavy (non-hydrogen) atoms. The van der Waals surface area contributed by atoms with Crippen molar-refractivity contribution in [1.82, 2.24) is 0 Å². The van der Waals surface area contributed by atoms with Gasteiger partial charge >= 0.3 is 0 Å². The van der Waals surface area contributed by atoms with Gasteiger partial charge in [-0.25, -0.2) is 0 Å². The fraction of sp³-hybridized carbons (Fsp3) is 1.00. The Morgan fingerprint density at radius 2 is 1.67 bits per heavy atom. The van der Waals surface area contributed by atoms with Gasteiger partial charge in [0.1, 0.15) is 0 Å². The quantitative estimate of drug-likeness (QED) is 0.537. The fourth-order valence-electron chi connectivity index (χ4n) is 2.11. The van der Waals surface area contributed by atoms with Gasteiger partial charge < -0.3 is 9.47 Å². The van der Waals surface area contributed by atoms with Gasteiger partial charge in [-0.1, -0.05) is 18.6 Å². The minimum Gasteiger partial charge on any atom is -0.350 e. The van der Waals surface area contributed by atoms with Crippen LogP contribution in [0.5, 0.6) is 0 Å². The van der Waals surface area contributed by atoms with Gasteiger partial charge in [0, 0.05) is 8.80 Å². The molecule has 2 nitrogen and oxygen atoms in total. The molecule has 0 atom stereocenters. The Balaban J connectivity index is 1.92. The molecule has 0 aromatic carbocycles. The van der Waals surface area contributed by atoms with Crippen LogP contribution >= 0.6 is 0 Å². The summed E-state index contributed by atoms with van der Waals surface area (Å²) in [7, 11) is -0.352. The predicted octanol–water partition coefficient (Wildman–Crippen LogP) is 1.77. The van der Waals surface area contributed by atoms with Crippen molar-refractivity contribution >= 4 is 8.80 Å². The smallest absolute Gasteiger partial charge is 0.167 e. The molecule has 3 heteroatoms. The Labute approximate surface area is 75.9 Å². The molecule has 0 unspecified atom stereocenters. The van der Waals surface area contributed by atoms with Crippen LogP contribution in [0.4, 0.5) is 0 Å². The van der Waals surface area contributed by atoms with Crippen molar-refractivity contribution in [3.63, 3.8) is 0 Å². The van der Waals surface area contributed by atoms with Crippen LogP contribution in [0.3, 0.4) is 0 Å². The predicted molar refractivity (Wildman–Crippen MR) is 51.1 cm³/mol. The van der Waals surface area contributed by atoms with Crippen molar-refractivity contribution in [3.05, 3.63) is 0 Å². The van der Waals surface area contributed by atoms with E-state index in [1.54, 1.807) is 0 Å². The SMILES string of the molecule is C[SiH]1CCC2(CC1)OCCCO2. The zero-order chi connectivity index (χ0) is 8.44. The van der Waals surface area contributed by atoms with Crippen molar-refractivity contribution < 1.29 is 9.47 Å². The number of rotatable bonds is 0. The first kappa shape index (κ1) is 8.72. The summed E-state index contributed by atoms with van der Waals surface area (Å²) in [5, 5.41) is 0. The summed E-state index contributed by atoms with van der Waals surface area (Å²) in [5.41, 5.74) is 0. The first-order chi connectivity index (χ1) is 5.81. The van der Waals surface area contributed by atoms with E-state index in [0.717, 1.165) is 19.6 Å². The normalized spacial score (nSPS) is 30.8. The van der Waals surface area contributed by atoms with Crippen LogP contribution in [-0.4, -0.2) is 27.8 Å². The molecule has 0 N–H and O–H groups in total. The molecular weight excluding hydrogens is 168 g/mol. The Morgan fingerprint density at radius 1 is 1.08 bits per heavy atom. The topological polar surface area (TPSA) is 18.5 Å². The van der Waals surface area contributed by atoms with Crippen LogP contribution in [-0.2, 0) is 9.47 Å². The van der Waals surface area contributed by atoms with E-state index >= 15 is 0 Å². The maximum atomic E-state index is 5.75. The largest absolute Gasteiger partial charge is 0.350 e. The molecule has 2 rings (SSSR count). The van der Waals surface area contributed by atoms with Crippen LogP contribution in [0, 0.1) is 0 Å². The lowest BCUT2D eigenvalue weighted by Gasteiger charge is -2.41. The molecular formula is C9H18O2Si. The monoisotopic (exact) mass is 186 g/mol. The lowest BCUT2D eigenvalue weighted by Crippen LogP contribution is -2.44. The maximum Gasteiger partial charge on any atom is 0.167 e. The molecule has 2 saturated heterocycles. The van der Waals surface area contributed by atoms with Gasteiger partial charge in [0.15, 0.2) is 5.79 Å². The Morgan fingerprint density at radius 3 is 2.25 bits per heavy atom. The number of ether oxygens (including phenoxy) is 2. The fourth-order valence-corrected chi connectivity index (χ4v) is 4.26. The molecule has 2 aliphatic heterocycles. The van der Waals surface area contributed by atoms with Gasteiger partial charge in [-0.15, -0.1) is 0 Å². The highest BCUT2D eigenvalue weighted by molar-refractivity contribution is 6.57. The summed E-state index contributed by atoms with van der Waals surface area (Å²) in [5.74, 6) is -0.127. The number of hydrogen-bond donors (Lipinski definition) is 0. The van der Waals surface area contributed by atoms with E-state index in [9.17, 15) is 0 Å². The molecule has 2 fully saturated rings. The Hall–Kier alpha value is 0.137. The summed E-state index contributed by atoms with van der Waals surface area (Å²) in [6, 6.07) is 2.81. The van der Waals surface area contributed by atoms with Gasteiger partial charge in [-0.3, -0.25) is 0 Å². The third-order valence-electron chi connectivity index (χ3n) is 3.05. The van der Waals surface area contributed by atoms with Crippen LogP contribution in [0.25, 0.3) is 0 Å². The highest BCUT2D eigenvalue weighted by Crippen LogP contribution is 2.35. The van der Waals surface area contributed by atoms with Crippen molar-refractivity contribution in [2.24, 2.45) is 0 Å². The molecule has 70 valence electrons. The van der Waals surface area contributed by atoms with Crippen molar-refractivity contribution in [1.29, 1.82) is 0 Å². The van der Waals surface area contributed by atoms with E-state index in [0.29, 0.717) is 0 Å². The van der Waals surface area contributed by atoms with Gasteiger partial charge in [-0.2, -0.15) is 0 Å². The molecule has 0 bridgehead atoms. The molecule has 0 amide bonds. The lowest BCUT2D eigenvalue weighted by molar-refractivity contribution is -0.271. The molecule has 1 spiro atoms. The minimum atomic E-state index is -0.352. The molecule has 0 radical (unpaired) electrons. The second kappa shape index (κ2) is 3.48. The van der Waals surface area contributed by atoms with Gasteiger partial charge in [0.25, 0.3) is 0 Å². The van der Waals surface area contributed by atoms with E-state index in [-0.39, 0.29) is 14.6 Å². The van der Waals surface area contributed by atoms with Gasteiger partial charge in [-0.05, 0) is 19.3 Å². The van der Waals surface area contributed by atoms with E-state index in [4.69, 9.17) is 9.47 Å². The molecule has 0 saturated carbocycles. The summed E-state index contributed by atoms with van der Waals surface area (Å²) >= 11 is 0. The molecule has 0 aliphatic carbocycles. The first-order valence-corrected chi connectivity index (χ1v) is 7.87. The second-order valence-corrected chi connectivity index (χ2v) is 7.51. The second-order valence-electron chi connectivity index (χ2n) is 4.14. The Bertz CT molecular complexity index is 145. The average Bonchev–Trinajstić information content (AvgIpc) is 2.13. The zero-order valence-electron chi connectivity index (χ0n) is 7.84. The van der Waals surface area contributed by atoms with Crippen LogP contribution in [0.1, 0.15) is 19.3 Å². The molecule has 2 heterocycles. The molecule has 0 aromatic heterocycles.